The van der Waals surface area contributed by atoms with Crippen LogP contribution in [0.2, 0.25) is 0 Å². The number of fused-ring (bicyclic) bond motifs is 7. The molecule has 13 aromatic heterocycles. The minimum atomic E-state index is -1.62. The van der Waals surface area contributed by atoms with Gasteiger partial charge in [0.2, 0.25) is 0 Å². The van der Waals surface area contributed by atoms with Crippen molar-refractivity contribution < 1.29 is 50.6 Å². The molecule has 6 fully saturated rings. The van der Waals surface area contributed by atoms with Gasteiger partial charge in [-0.15, -0.1) is 34.0 Å². The molecular formula is C89H97B3Br2N20O11S3Se. The third-order valence-corrected chi connectivity index (χ3v) is 27.7. The second kappa shape index (κ2) is 37.6. The van der Waals surface area contributed by atoms with Crippen LogP contribution in [0.1, 0.15) is 175 Å². The van der Waals surface area contributed by atoms with E-state index in [1.807, 2.05) is 186 Å². The zero-order valence-electron chi connectivity index (χ0n) is 73.3. The van der Waals surface area contributed by atoms with Gasteiger partial charge in [-0.25, -0.2) is 59.6 Å². The molecule has 3 aliphatic heterocycles. The summed E-state index contributed by atoms with van der Waals surface area (Å²) in [6.45, 7) is 30.4. The molecule has 23 rings (SSSR count). The van der Waals surface area contributed by atoms with Crippen LogP contribution in [-0.2, 0) is 35.6 Å². The van der Waals surface area contributed by atoms with Crippen molar-refractivity contribution in [2.75, 3.05) is 7.11 Å². The molecule has 6 aliphatic rings. The summed E-state index contributed by atoms with van der Waals surface area (Å²) in [5.74, 6) is -1.08. The van der Waals surface area contributed by atoms with Crippen molar-refractivity contribution in [2.45, 2.75) is 202 Å². The zero-order valence-corrected chi connectivity index (χ0v) is 80.6. The van der Waals surface area contributed by atoms with Crippen LogP contribution in [0.3, 0.4) is 0 Å². The van der Waals surface area contributed by atoms with E-state index in [0.29, 0.717) is 29.0 Å². The van der Waals surface area contributed by atoms with Crippen LogP contribution in [0.15, 0.2) is 179 Å². The molecule has 129 heavy (non-hydrogen) atoms. The molecule has 3 saturated carbocycles. The summed E-state index contributed by atoms with van der Waals surface area (Å²) in [6.07, 6.45) is 25.5. The summed E-state index contributed by atoms with van der Waals surface area (Å²) >= 11 is 10.2. The Morgan fingerprint density at radius 3 is 1.16 bits per heavy atom. The van der Waals surface area contributed by atoms with Gasteiger partial charge in [0, 0.05) is 115 Å². The fourth-order valence-electron chi connectivity index (χ4n) is 14.6. The Hall–Kier alpha value is -10.2. The fourth-order valence-corrected chi connectivity index (χ4v) is 17.8. The summed E-state index contributed by atoms with van der Waals surface area (Å²) in [4.78, 5) is 62.4. The Morgan fingerprint density at radius 2 is 0.760 bits per heavy atom. The SMILES string of the molecule is Brc1c(-c2ccn(C3CC3)n2)nc2sccn12.C.CC1(C)OB(B2OC(C)(C)C(C)(C)O2)OC1(C)C.CO.Cc1ncnc2ccc(-c3c(-c4ccn(C5CC5)n4)nc4sccn34)cc12.Cc1ncnc2ccc(B3OC(C)(C)C(C)(C)O3)cc12.Cc1ncnc2ccc(Br)cc12.O=C(O)c1ncnc2ccc(-c3c(-c4ccn(C5CC5)n4)nc4sccn34)cc12.O=[Se]=O. The monoisotopic (exact) mass is 1990 g/mol. The molecule has 4 aromatic carbocycles. The normalized spacial score (nSPS) is 17.0. The zero-order chi connectivity index (χ0) is 90.7. The van der Waals surface area contributed by atoms with Crippen molar-refractivity contribution in [2.24, 2.45) is 0 Å². The molecule has 0 radical (unpaired) electrons. The molecule has 2 N–H and O–H groups in total. The number of aryl methyl sites for hydroxylation is 3. The molecule has 3 saturated heterocycles. The number of carboxylic acid groups (broad SMARTS) is 1. The van der Waals surface area contributed by atoms with E-state index < -0.39 is 34.8 Å². The third-order valence-electron chi connectivity index (χ3n) is 24.2. The van der Waals surface area contributed by atoms with Gasteiger partial charge in [-0.1, -0.05) is 47.6 Å². The summed E-state index contributed by atoms with van der Waals surface area (Å²) < 4.78 is 67.3. The van der Waals surface area contributed by atoms with Crippen LogP contribution < -0.4 is 5.46 Å². The van der Waals surface area contributed by atoms with E-state index in [2.05, 4.69) is 171 Å². The first-order valence-electron chi connectivity index (χ1n) is 41.6. The number of aliphatic hydroxyl groups is 1. The number of imidazole rings is 3. The van der Waals surface area contributed by atoms with E-state index in [9.17, 15) is 9.90 Å². The average Bonchev–Trinajstić information content (AvgIpc) is 1.61. The Labute approximate surface area is 780 Å². The number of aromatic carboxylic acids is 1. The molecule has 0 spiro atoms. The fraction of sp³-hybridized carbons (Fsp3) is 0.360. The van der Waals surface area contributed by atoms with Crippen molar-refractivity contribution in [3.05, 3.63) is 201 Å². The topological polar surface area (TPSA) is 356 Å². The third kappa shape index (κ3) is 19.5. The van der Waals surface area contributed by atoms with Gasteiger partial charge in [0.15, 0.2) is 20.6 Å². The van der Waals surface area contributed by atoms with Gasteiger partial charge >= 0.3 is 49.6 Å². The van der Waals surface area contributed by atoms with Gasteiger partial charge < -0.3 is 38.1 Å². The van der Waals surface area contributed by atoms with Gasteiger partial charge in [0.25, 0.3) is 0 Å². The summed E-state index contributed by atoms with van der Waals surface area (Å²) in [5.41, 5.74) is 14.6. The number of halogens is 2. The summed E-state index contributed by atoms with van der Waals surface area (Å²) in [5, 5.41) is 40.4. The van der Waals surface area contributed by atoms with Crippen molar-refractivity contribution >= 4 is 172 Å². The Balaban J connectivity index is 0.000000120. The first kappa shape index (κ1) is 93.5. The molecule has 666 valence electrons. The second-order valence-corrected chi connectivity index (χ2v) is 39.1. The minimum absolute atomic E-state index is 0. The molecule has 3 aliphatic carbocycles. The van der Waals surface area contributed by atoms with Crippen molar-refractivity contribution in [1.29, 1.82) is 0 Å². The quantitative estimate of drug-likeness (QED) is 0.114. The van der Waals surface area contributed by atoms with E-state index in [1.54, 1.807) is 53.0 Å². The molecule has 16 heterocycles. The number of carbonyl (C=O) groups is 1. The van der Waals surface area contributed by atoms with Crippen molar-refractivity contribution in [1.82, 2.24) is 97.4 Å². The molecule has 31 nitrogen and oxygen atoms in total. The van der Waals surface area contributed by atoms with Gasteiger partial charge in [-0.3, -0.25) is 27.2 Å². The van der Waals surface area contributed by atoms with Crippen LogP contribution in [0.4, 0.5) is 0 Å². The number of aromatic nitrogens is 20. The predicted octanol–water partition coefficient (Wildman–Crippen LogP) is 18.6. The first-order valence-corrected chi connectivity index (χ1v) is 47.2. The number of thiazole rings is 3. The van der Waals surface area contributed by atoms with E-state index in [1.165, 1.54) is 32.0 Å². The van der Waals surface area contributed by atoms with E-state index in [0.717, 1.165) is 156 Å². The number of nitrogens with zero attached hydrogens (tertiary/aromatic N) is 20. The van der Waals surface area contributed by atoms with Crippen LogP contribution in [0.5, 0.6) is 0 Å². The molecule has 0 unspecified atom stereocenters. The molecule has 40 heteroatoms. The number of aliphatic hydroxyl groups excluding tert-OH is 1. The summed E-state index contributed by atoms with van der Waals surface area (Å²) in [6, 6.07) is 31.7. The number of rotatable bonds is 11. The van der Waals surface area contributed by atoms with E-state index in [4.69, 9.17) is 60.9 Å². The second-order valence-electron chi connectivity index (χ2n) is 34.5. The maximum atomic E-state index is 11.6. The number of hydrogen-bond acceptors (Lipinski definition) is 27. The van der Waals surface area contributed by atoms with Gasteiger partial charge in [0.1, 0.15) is 64.1 Å². The molecule has 0 atom stereocenters. The number of carboxylic acids is 1. The first-order chi connectivity index (χ1) is 61.2. The molecule has 0 amide bonds. The molecule has 0 bridgehead atoms. The van der Waals surface area contributed by atoms with E-state index in [-0.39, 0.29) is 53.8 Å². The Morgan fingerprint density at radius 1 is 0.426 bits per heavy atom. The Kier molecular flexibility index (Phi) is 27.3. The molecule has 17 aromatic rings. The summed E-state index contributed by atoms with van der Waals surface area (Å²) in [7, 11) is -0.295. The van der Waals surface area contributed by atoms with Crippen LogP contribution in [0, 0.1) is 20.8 Å². The van der Waals surface area contributed by atoms with Gasteiger partial charge in [-0.2, -0.15) is 15.3 Å². The van der Waals surface area contributed by atoms with Gasteiger partial charge in [0.05, 0.1) is 85.2 Å². The van der Waals surface area contributed by atoms with Crippen LogP contribution in [-0.4, -0.2) is 190 Å². The number of hydrogen-bond donors (Lipinski definition) is 2. The molecular weight excluding hydrogens is 1890 g/mol. The van der Waals surface area contributed by atoms with Crippen LogP contribution in [0.25, 0.3) is 115 Å². The van der Waals surface area contributed by atoms with Crippen molar-refractivity contribution in [3.63, 3.8) is 0 Å². The standard InChI is InChI=1S/C20H14N6O2S.C20H16N6S.C15H19BN2O2.C12H24B2O4.C11H9BrN4S.C9H7BrN2.CH4O.CH4.O2Se/c27-19(28)16-13-9-11(1-4-14(13)21-10-22-16)18-17(23-20-25(18)7-8-29-20)15-5-6-26(24-15)12-2-3-12;1-12-15-10-13(2-5-16(15)22-11-21-12)19-18(23-20-25(19)8-9-27-20)17-6-7-26(24-17)14-3-4-14;1-10-12-8-11(6-7-13(12)18-9-17-10)16-19-14(2,3)15(4,5)20-16;1-9(2)10(3,4)16-13(15-9)14-17-11(5,6)12(7,8)18-14;12-10-9(13-11-15(10)5-6-17-11)8-3-4-16(14-8)7-1-2-7;1-6-8-4-7(10)2-3-9(8)12-5-11-6;1-2;;1-3-2/h1,4-10,12H,2-3H2,(H,27,28);2,5-11,14H,3-4H2,1H3;6-9H,1-5H3;1-8H3;3-7H,1-2H2;2-5H,1H3;2H,1H3;1H4;. The van der Waals surface area contributed by atoms with E-state index >= 15 is 0 Å². The van der Waals surface area contributed by atoms with Crippen LogP contribution >= 0.6 is 65.9 Å². The number of benzene rings is 4. The maximum absolute atomic E-state index is 11.6. The average molecular weight is 1990 g/mol. The van der Waals surface area contributed by atoms with Crippen molar-refractivity contribution in [3.8, 4) is 56.7 Å². The predicted molar refractivity (Wildman–Crippen MR) is 510 cm³/mol. The van der Waals surface area contributed by atoms with Gasteiger partial charge in [-0.05, 0) is 231 Å². The Bertz CT molecular complexity index is 6930.